The summed E-state index contributed by atoms with van der Waals surface area (Å²) in [5.74, 6) is 0. The minimum absolute atomic E-state index is 0.283. The van der Waals surface area contributed by atoms with Gasteiger partial charge in [0.25, 0.3) is 0 Å². The second-order valence-electron chi connectivity index (χ2n) is 7.17. The fourth-order valence-electron chi connectivity index (χ4n) is 3.55. The Hall–Kier alpha value is 0.447. The van der Waals surface area contributed by atoms with Crippen molar-refractivity contribution in [1.82, 2.24) is 0 Å². The molecule has 5 heteroatoms. The largest absolute Gasteiger partial charge is 0.517 e. The Morgan fingerprint density at radius 2 is 1.00 bits per heavy atom. The molecule has 3 nitrogen and oxygen atoms in total. The van der Waals surface area contributed by atoms with E-state index < -0.39 is 8.80 Å². The standard InChI is InChI=1S/C21H46O3SSi/c1-6-11-12-13-14-15-16-17-18-19-20-21(25,7-2)26(22-8-3,23-9-4)24-10-5/h25H,6-20H2,1-5H3. The summed E-state index contributed by atoms with van der Waals surface area (Å²) in [5.41, 5.74) is 0. The van der Waals surface area contributed by atoms with E-state index in [9.17, 15) is 0 Å². The molecule has 0 bridgehead atoms. The molecule has 0 aromatic carbocycles. The molecule has 0 radical (unpaired) electrons. The highest BCUT2D eigenvalue weighted by Crippen LogP contribution is 2.38. The molecular formula is C21H46O3SSi. The fourth-order valence-corrected chi connectivity index (χ4v) is 7.40. The Balaban J connectivity index is 4.33. The highest BCUT2D eigenvalue weighted by Gasteiger charge is 2.57. The molecule has 0 saturated heterocycles. The first kappa shape index (κ1) is 26.4. The maximum Gasteiger partial charge on any atom is 0.517 e. The van der Waals surface area contributed by atoms with E-state index in [2.05, 4.69) is 13.8 Å². The monoisotopic (exact) mass is 406 g/mol. The molecule has 0 aliphatic heterocycles. The van der Waals surface area contributed by atoms with E-state index in [1.165, 1.54) is 64.2 Å². The minimum atomic E-state index is -2.78. The Labute approximate surface area is 170 Å². The fraction of sp³-hybridized carbons (Fsp3) is 1.00. The van der Waals surface area contributed by atoms with E-state index in [1.807, 2.05) is 20.8 Å². The molecule has 158 valence electrons. The van der Waals surface area contributed by atoms with Gasteiger partial charge in [0.1, 0.15) is 0 Å². The molecule has 1 atom stereocenters. The van der Waals surface area contributed by atoms with E-state index in [4.69, 9.17) is 25.9 Å². The number of rotatable bonds is 19. The van der Waals surface area contributed by atoms with Crippen molar-refractivity contribution in [2.45, 2.75) is 116 Å². The average Bonchev–Trinajstić information content (AvgIpc) is 2.63. The van der Waals surface area contributed by atoms with Gasteiger partial charge in [0, 0.05) is 19.8 Å². The molecule has 0 heterocycles. The number of thiol groups is 1. The smallest absolute Gasteiger partial charge is 0.373 e. The van der Waals surface area contributed by atoms with Crippen LogP contribution >= 0.6 is 12.6 Å². The summed E-state index contributed by atoms with van der Waals surface area (Å²) in [5, 5.41) is 0. The van der Waals surface area contributed by atoms with E-state index in [0.29, 0.717) is 19.8 Å². The van der Waals surface area contributed by atoms with Crippen molar-refractivity contribution in [3.63, 3.8) is 0 Å². The molecule has 0 aliphatic rings. The summed E-state index contributed by atoms with van der Waals surface area (Å²) in [6.45, 7) is 12.4. The first-order chi connectivity index (χ1) is 12.6. The van der Waals surface area contributed by atoms with Crippen LogP contribution in [0.15, 0.2) is 0 Å². The summed E-state index contributed by atoms with van der Waals surface area (Å²) in [7, 11) is -2.78. The summed E-state index contributed by atoms with van der Waals surface area (Å²) in [6, 6.07) is 0. The maximum atomic E-state index is 6.13. The zero-order chi connectivity index (χ0) is 19.7. The third-order valence-corrected chi connectivity index (χ3v) is 10.2. The summed E-state index contributed by atoms with van der Waals surface area (Å²) >= 11 is 5.08. The maximum absolute atomic E-state index is 6.13. The normalized spacial score (nSPS) is 14.5. The van der Waals surface area contributed by atoms with Crippen LogP contribution in [0, 0.1) is 0 Å². The van der Waals surface area contributed by atoms with Crippen LogP contribution in [0.4, 0.5) is 0 Å². The van der Waals surface area contributed by atoms with Crippen molar-refractivity contribution in [3.05, 3.63) is 0 Å². The third-order valence-electron chi connectivity index (χ3n) is 5.10. The minimum Gasteiger partial charge on any atom is -0.373 e. The summed E-state index contributed by atoms with van der Waals surface area (Å²) < 4.78 is 18.1. The van der Waals surface area contributed by atoms with Crippen molar-refractivity contribution in [1.29, 1.82) is 0 Å². The van der Waals surface area contributed by atoms with Crippen molar-refractivity contribution in [2.24, 2.45) is 0 Å². The van der Waals surface area contributed by atoms with Crippen LogP contribution in [0.3, 0.4) is 0 Å². The van der Waals surface area contributed by atoms with Crippen LogP contribution in [-0.2, 0) is 13.3 Å². The van der Waals surface area contributed by atoms with Gasteiger partial charge in [0.15, 0.2) is 0 Å². The molecule has 0 aromatic rings. The zero-order valence-corrected chi connectivity index (χ0v) is 20.2. The Morgan fingerprint density at radius 3 is 1.35 bits per heavy atom. The van der Waals surface area contributed by atoms with Crippen LogP contribution in [-0.4, -0.2) is 33.0 Å². The van der Waals surface area contributed by atoms with Crippen molar-refractivity contribution in [3.8, 4) is 0 Å². The van der Waals surface area contributed by atoms with E-state index in [0.717, 1.165) is 12.8 Å². The molecule has 0 amide bonds. The SMILES string of the molecule is CCCCCCCCCCCCC(S)(CC)[Si](OCC)(OCC)OCC. The van der Waals surface area contributed by atoms with Crippen molar-refractivity contribution in [2.75, 3.05) is 19.8 Å². The first-order valence-electron chi connectivity index (χ1n) is 11.2. The van der Waals surface area contributed by atoms with Gasteiger partial charge in [0.2, 0.25) is 0 Å². The number of hydrogen-bond donors (Lipinski definition) is 1. The molecule has 0 fully saturated rings. The van der Waals surface area contributed by atoms with Crippen molar-refractivity contribution < 1.29 is 13.3 Å². The highest BCUT2D eigenvalue weighted by molar-refractivity contribution is 7.84. The van der Waals surface area contributed by atoms with Gasteiger partial charge >= 0.3 is 8.80 Å². The lowest BCUT2D eigenvalue weighted by Gasteiger charge is -2.42. The van der Waals surface area contributed by atoms with Gasteiger partial charge < -0.3 is 13.3 Å². The van der Waals surface area contributed by atoms with E-state index in [1.54, 1.807) is 0 Å². The Bertz CT molecular complexity index is 301. The molecule has 0 saturated carbocycles. The lowest BCUT2D eigenvalue weighted by atomic mass is 10.0. The second kappa shape index (κ2) is 16.4. The molecule has 0 aliphatic carbocycles. The molecule has 0 spiro atoms. The van der Waals surface area contributed by atoms with Gasteiger partial charge in [-0.1, -0.05) is 78.1 Å². The van der Waals surface area contributed by atoms with Crippen LogP contribution in [0.1, 0.15) is 112 Å². The highest BCUT2D eigenvalue weighted by atomic mass is 32.1. The summed E-state index contributed by atoms with van der Waals surface area (Å²) in [4.78, 5) is 0. The second-order valence-corrected chi connectivity index (χ2v) is 11.4. The zero-order valence-electron chi connectivity index (χ0n) is 18.3. The topological polar surface area (TPSA) is 27.7 Å². The van der Waals surface area contributed by atoms with Gasteiger partial charge in [-0.2, -0.15) is 12.6 Å². The predicted molar refractivity (Wildman–Crippen MR) is 119 cm³/mol. The molecule has 0 aromatic heterocycles. The van der Waals surface area contributed by atoms with E-state index >= 15 is 0 Å². The van der Waals surface area contributed by atoms with Gasteiger partial charge in [-0.15, -0.1) is 0 Å². The number of hydrogen-bond acceptors (Lipinski definition) is 4. The molecule has 26 heavy (non-hydrogen) atoms. The first-order valence-corrected chi connectivity index (χ1v) is 13.4. The molecular weight excluding hydrogens is 360 g/mol. The van der Waals surface area contributed by atoms with Crippen LogP contribution < -0.4 is 0 Å². The van der Waals surface area contributed by atoms with Gasteiger partial charge in [-0.25, -0.2) is 0 Å². The summed E-state index contributed by atoms with van der Waals surface area (Å²) in [6.07, 6.45) is 15.4. The van der Waals surface area contributed by atoms with Crippen molar-refractivity contribution >= 4 is 21.4 Å². The van der Waals surface area contributed by atoms with Crippen LogP contribution in [0.5, 0.6) is 0 Å². The predicted octanol–water partition coefficient (Wildman–Crippen LogP) is 6.96. The van der Waals surface area contributed by atoms with Gasteiger partial charge in [-0.3, -0.25) is 0 Å². The quantitative estimate of drug-likeness (QED) is 0.143. The van der Waals surface area contributed by atoms with E-state index in [-0.39, 0.29) is 4.37 Å². The Kier molecular flexibility index (Phi) is 16.7. The molecule has 0 N–H and O–H groups in total. The van der Waals surface area contributed by atoms with Crippen LogP contribution in [0.2, 0.25) is 0 Å². The number of unbranched alkanes of at least 4 members (excludes halogenated alkanes) is 9. The van der Waals surface area contributed by atoms with Gasteiger partial charge in [0.05, 0.1) is 4.37 Å². The third kappa shape index (κ3) is 9.58. The lowest BCUT2D eigenvalue weighted by Crippen LogP contribution is -2.62. The molecule has 0 rings (SSSR count). The average molecular weight is 407 g/mol. The van der Waals surface area contributed by atoms with Crippen LogP contribution in [0.25, 0.3) is 0 Å². The lowest BCUT2D eigenvalue weighted by molar-refractivity contribution is 0.0557. The Morgan fingerprint density at radius 1 is 0.615 bits per heavy atom. The van der Waals surface area contributed by atoms with Gasteiger partial charge in [-0.05, 0) is 33.6 Å². The molecule has 1 unspecified atom stereocenters.